The fraction of sp³-hybridized carbons (Fsp3) is 0.531. The van der Waals surface area contributed by atoms with Gasteiger partial charge in [0.2, 0.25) is 5.95 Å². The third-order valence-corrected chi connectivity index (χ3v) is 8.32. The molecule has 0 radical (unpaired) electrons. The van der Waals surface area contributed by atoms with Crippen LogP contribution in [0.25, 0.3) is 0 Å². The van der Waals surface area contributed by atoms with E-state index in [-0.39, 0.29) is 17.5 Å². The molecule has 1 rings (SSSR count). The van der Waals surface area contributed by atoms with E-state index < -0.39 is 0 Å². The summed E-state index contributed by atoms with van der Waals surface area (Å²) in [7, 11) is 3.85. The van der Waals surface area contributed by atoms with E-state index in [1.807, 2.05) is 32.1 Å². The maximum absolute atomic E-state index is 4.83. The number of anilines is 1. The SMILES string of the molecule is C=C(S/C(=C\CC)NC)C(C)NCc1nc(N(C)C(=C)C)ncc1/C=N\NC(C)C=CC/C=C(\C)C(C)(C)CC. The Morgan fingerprint density at radius 3 is 2.50 bits per heavy atom. The van der Waals surface area contributed by atoms with Gasteiger partial charge in [0.1, 0.15) is 0 Å². The number of allylic oxidation sites excluding steroid dienone is 5. The average Bonchev–Trinajstić information content (AvgIpc) is 2.93. The van der Waals surface area contributed by atoms with E-state index in [0.717, 1.165) is 46.2 Å². The summed E-state index contributed by atoms with van der Waals surface area (Å²) < 4.78 is 0. The molecule has 2 unspecified atom stereocenters. The van der Waals surface area contributed by atoms with Gasteiger partial charge in [-0.25, -0.2) is 9.97 Å². The van der Waals surface area contributed by atoms with Crippen LogP contribution in [0.1, 0.15) is 85.9 Å². The molecule has 0 amide bonds. The van der Waals surface area contributed by atoms with E-state index >= 15 is 0 Å². The van der Waals surface area contributed by atoms with E-state index in [4.69, 9.17) is 4.98 Å². The molecule has 0 fully saturated rings. The molecule has 0 spiro atoms. The molecule has 0 bridgehead atoms. The lowest BCUT2D eigenvalue weighted by Crippen LogP contribution is -2.28. The Labute approximate surface area is 248 Å². The molecule has 7 nitrogen and oxygen atoms in total. The smallest absolute Gasteiger partial charge is 0.229 e. The zero-order valence-electron chi connectivity index (χ0n) is 26.6. The highest BCUT2D eigenvalue weighted by Gasteiger charge is 2.16. The lowest BCUT2D eigenvalue weighted by Gasteiger charge is -2.23. The highest BCUT2D eigenvalue weighted by atomic mass is 32.2. The van der Waals surface area contributed by atoms with Crippen LogP contribution in [0.4, 0.5) is 5.95 Å². The van der Waals surface area contributed by atoms with E-state index in [9.17, 15) is 0 Å². The van der Waals surface area contributed by atoms with Crippen LogP contribution in [-0.4, -0.2) is 42.4 Å². The molecule has 1 aromatic rings. The monoisotopic (exact) mass is 567 g/mol. The molecule has 1 heterocycles. The average molecular weight is 568 g/mol. The first-order chi connectivity index (χ1) is 18.9. The zero-order chi connectivity index (χ0) is 30.3. The topological polar surface area (TPSA) is 77.5 Å². The van der Waals surface area contributed by atoms with Gasteiger partial charge in [0.05, 0.1) is 23.0 Å². The summed E-state index contributed by atoms with van der Waals surface area (Å²) >= 11 is 1.65. The van der Waals surface area contributed by atoms with Crippen LogP contribution in [0.5, 0.6) is 0 Å². The predicted octanol–water partition coefficient (Wildman–Crippen LogP) is 7.28. The van der Waals surface area contributed by atoms with Crippen molar-refractivity contribution in [2.24, 2.45) is 10.5 Å². The Hall–Kier alpha value is -2.84. The number of thioether (sulfide) groups is 1. The van der Waals surface area contributed by atoms with Crippen LogP contribution in [-0.2, 0) is 6.54 Å². The van der Waals surface area contributed by atoms with Crippen LogP contribution >= 0.6 is 11.8 Å². The van der Waals surface area contributed by atoms with Crippen molar-refractivity contribution in [2.75, 3.05) is 19.0 Å². The number of hydrazone groups is 1. The lowest BCUT2D eigenvalue weighted by atomic mass is 9.82. The molecule has 1 aromatic heterocycles. The second kappa shape index (κ2) is 17.8. The molecule has 0 aliphatic carbocycles. The minimum Gasteiger partial charge on any atom is -0.383 e. The maximum Gasteiger partial charge on any atom is 0.229 e. The molecule has 8 heteroatoms. The molecule has 0 aromatic carbocycles. The molecular formula is C32H53N7S. The van der Waals surface area contributed by atoms with Gasteiger partial charge in [-0.05, 0) is 52.4 Å². The minimum absolute atomic E-state index is 0.0737. The number of hydrogen-bond acceptors (Lipinski definition) is 8. The van der Waals surface area contributed by atoms with Gasteiger partial charge in [-0.2, -0.15) is 5.10 Å². The Bertz CT molecular complexity index is 1080. The van der Waals surface area contributed by atoms with Crippen LogP contribution in [0, 0.1) is 5.41 Å². The number of rotatable bonds is 18. The Balaban J connectivity index is 2.95. The standard InChI is InChI=1S/C32H53N7S/c1-13-17-30(33-11)40-27(8)26(7)34-22-29-28(20-35-31(37-29)39(12)23(3)4)21-36-38-25(6)19-16-15-18-24(5)32(9,10)14-2/h16-21,25-26,33-34,38H,3,8,13-15,22H2,1-2,4-7,9-12H3/b19-16?,24-18+,30-17-,36-21-. The summed E-state index contributed by atoms with van der Waals surface area (Å²) in [5.74, 6) is 0.601. The first kappa shape index (κ1) is 35.2. The number of hydrogen-bond donors (Lipinski definition) is 3. The van der Waals surface area contributed by atoms with Crippen LogP contribution < -0.4 is 21.0 Å². The lowest BCUT2D eigenvalue weighted by molar-refractivity contribution is 0.428. The van der Waals surface area contributed by atoms with Gasteiger partial charge in [-0.15, -0.1) is 0 Å². The van der Waals surface area contributed by atoms with E-state index in [1.54, 1.807) is 18.0 Å². The summed E-state index contributed by atoms with van der Waals surface area (Å²) in [5, 5.41) is 12.4. The van der Waals surface area contributed by atoms with Crippen molar-refractivity contribution in [3.63, 3.8) is 0 Å². The largest absolute Gasteiger partial charge is 0.383 e. The van der Waals surface area contributed by atoms with E-state index in [1.165, 1.54) is 5.57 Å². The fourth-order valence-corrected chi connectivity index (χ4v) is 4.22. The normalized spacial score (nSPS) is 14.4. The number of nitrogens with zero attached hydrogens (tertiary/aromatic N) is 4. The van der Waals surface area contributed by atoms with Crippen molar-refractivity contribution in [3.05, 3.63) is 76.1 Å². The summed E-state index contributed by atoms with van der Waals surface area (Å²) in [4.78, 5) is 12.3. The van der Waals surface area contributed by atoms with Crippen molar-refractivity contribution in [2.45, 2.75) is 93.3 Å². The molecular weight excluding hydrogens is 514 g/mol. The van der Waals surface area contributed by atoms with Gasteiger partial charge in [0, 0.05) is 49.0 Å². The van der Waals surface area contributed by atoms with Gasteiger partial charge in [0.25, 0.3) is 0 Å². The van der Waals surface area contributed by atoms with Crippen molar-refractivity contribution >= 4 is 23.9 Å². The highest BCUT2D eigenvalue weighted by molar-refractivity contribution is 8.06. The fourth-order valence-electron chi connectivity index (χ4n) is 3.32. The van der Waals surface area contributed by atoms with Gasteiger partial charge >= 0.3 is 0 Å². The molecule has 0 aliphatic rings. The van der Waals surface area contributed by atoms with Gasteiger partial charge < -0.3 is 21.0 Å². The Morgan fingerprint density at radius 2 is 1.90 bits per heavy atom. The first-order valence-corrected chi connectivity index (χ1v) is 15.0. The third-order valence-electron chi connectivity index (χ3n) is 7.11. The zero-order valence-corrected chi connectivity index (χ0v) is 27.4. The van der Waals surface area contributed by atoms with Crippen LogP contribution in [0.2, 0.25) is 0 Å². The second-order valence-electron chi connectivity index (χ2n) is 10.7. The van der Waals surface area contributed by atoms with Crippen molar-refractivity contribution in [1.29, 1.82) is 0 Å². The Kier molecular flexibility index (Phi) is 15.6. The Morgan fingerprint density at radius 1 is 1.20 bits per heavy atom. The molecule has 0 aliphatic heterocycles. The van der Waals surface area contributed by atoms with Crippen LogP contribution in [0.15, 0.2) is 70.0 Å². The maximum atomic E-state index is 4.83. The summed E-state index contributed by atoms with van der Waals surface area (Å²) in [6.07, 6.45) is 15.4. The summed E-state index contributed by atoms with van der Waals surface area (Å²) in [5.41, 5.74) is 7.44. The predicted molar refractivity (Wildman–Crippen MR) is 177 cm³/mol. The van der Waals surface area contributed by atoms with Gasteiger partial charge in [-0.1, -0.05) is 82.5 Å². The van der Waals surface area contributed by atoms with Gasteiger partial charge in [0.15, 0.2) is 0 Å². The number of nitrogens with one attached hydrogen (secondary N) is 3. The van der Waals surface area contributed by atoms with Crippen LogP contribution in [0.3, 0.4) is 0 Å². The van der Waals surface area contributed by atoms with E-state index in [2.05, 4.69) is 112 Å². The van der Waals surface area contributed by atoms with Crippen molar-refractivity contribution in [1.82, 2.24) is 26.0 Å². The van der Waals surface area contributed by atoms with Crippen molar-refractivity contribution < 1.29 is 0 Å². The summed E-state index contributed by atoms with van der Waals surface area (Å²) in [6.45, 7) is 26.1. The summed E-state index contributed by atoms with van der Waals surface area (Å²) in [6, 6.07) is 0.169. The van der Waals surface area contributed by atoms with E-state index in [0.29, 0.717) is 12.5 Å². The third kappa shape index (κ3) is 12.1. The first-order valence-electron chi connectivity index (χ1n) is 14.2. The molecule has 3 N–H and O–H groups in total. The molecule has 222 valence electrons. The molecule has 2 atom stereocenters. The second-order valence-corrected chi connectivity index (χ2v) is 11.9. The molecule has 40 heavy (non-hydrogen) atoms. The minimum atomic E-state index is 0.0737. The van der Waals surface area contributed by atoms with Crippen molar-refractivity contribution in [3.8, 4) is 0 Å². The molecule has 0 saturated heterocycles. The highest BCUT2D eigenvalue weighted by Crippen LogP contribution is 2.29. The quantitative estimate of drug-likeness (QED) is 0.0977. The van der Waals surface area contributed by atoms with Gasteiger partial charge in [-0.3, -0.25) is 0 Å². The number of aromatic nitrogens is 2. The molecule has 0 saturated carbocycles.